The average molecular weight is 362 g/mol. The number of hydrogen-bond donors (Lipinski definition) is 0. The molecule has 1 aromatic carbocycles. The van der Waals surface area contributed by atoms with Crippen molar-refractivity contribution in [2.45, 2.75) is 19.3 Å². The molecule has 0 aliphatic carbocycles. The zero-order valence-corrected chi connectivity index (χ0v) is 13.4. The Balaban J connectivity index is 2.17. The van der Waals surface area contributed by atoms with E-state index < -0.39 is 6.43 Å². The molecule has 1 aliphatic rings. The van der Waals surface area contributed by atoms with Crippen LogP contribution in [0.4, 0.5) is 8.78 Å². The molecule has 21 heavy (non-hydrogen) atoms. The zero-order valence-electron chi connectivity index (χ0n) is 11.8. The van der Waals surface area contributed by atoms with Crippen LogP contribution in [0.1, 0.15) is 18.4 Å². The number of carbonyl (C=O) groups is 1. The molecule has 2 rings (SSSR count). The molecule has 0 spiro atoms. The van der Waals surface area contributed by atoms with Gasteiger partial charge in [0.2, 0.25) is 0 Å². The van der Waals surface area contributed by atoms with E-state index in [0.29, 0.717) is 19.7 Å². The highest BCUT2D eigenvalue weighted by Gasteiger charge is 2.39. The van der Waals surface area contributed by atoms with Crippen molar-refractivity contribution in [2.75, 3.05) is 26.2 Å². The van der Waals surface area contributed by atoms with Gasteiger partial charge in [-0.05, 0) is 24.6 Å². The van der Waals surface area contributed by atoms with Crippen LogP contribution < -0.4 is 0 Å². The Morgan fingerprint density at radius 2 is 2.05 bits per heavy atom. The Morgan fingerprint density at radius 1 is 1.38 bits per heavy atom. The lowest BCUT2D eigenvalue weighted by Gasteiger charge is -2.17. The lowest BCUT2D eigenvalue weighted by atomic mass is 9.89. The van der Waals surface area contributed by atoms with E-state index in [1.807, 2.05) is 24.3 Å². The molecular formula is C15H18BrF2NO2. The number of halogens is 3. The molecule has 0 bridgehead atoms. The minimum absolute atomic E-state index is 0.101. The SMILES string of the molecule is CCOC(=O)C1CN(CC(F)F)CC1c1ccc(Br)cc1. The molecule has 1 saturated heterocycles. The highest BCUT2D eigenvalue weighted by atomic mass is 79.9. The number of rotatable bonds is 5. The second-order valence-electron chi connectivity index (χ2n) is 5.13. The normalized spacial score (nSPS) is 22.7. The lowest BCUT2D eigenvalue weighted by molar-refractivity contribution is -0.148. The minimum atomic E-state index is -2.39. The van der Waals surface area contributed by atoms with Crippen molar-refractivity contribution in [3.63, 3.8) is 0 Å². The number of carbonyl (C=O) groups excluding carboxylic acids is 1. The Hall–Kier alpha value is -1.01. The molecule has 3 nitrogen and oxygen atoms in total. The van der Waals surface area contributed by atoms with Gasteiger partial charge >= 0.3 is 5.97 Å². The first kappa shape index (κ1) is 16.4. The predicted molar refractivity (Wildman–Crippen MR) is 79.5 cm³/mol. The van der Waals surface area contributed by atoms with E-state index in [0.717, 1.165) is 10.0 Å². The van der Waals surface area contributed by atoms with Gasteiger partial charge in [-0.15, -0.1) is 0 Å². The fraction of sp³-hybridized carbons (Fsp3) is 0.533. The van der Waals surface area contributed by atoms with Gasteiger partial charge in [-0.25, -0.2) is 8.78 Å². The van der Waals surface area contributed by atoms with Crippen molar-refractivity contribution in [3.8, 4) is 0 Å². The van der Waals surface area contributed by atoms with Gasteiger partial charge in [0.1, 0.15) is 0 Å². The first-order chi connectivity index (χ1) is 10.0. The van der Waals surface area contributed by atoms with Crippen LogP contribution >= 0.6 is 15.9 Å². The smallest absolute Gasteiger partial charge is 0.310 e. The third-order valence-electron chi connectivity index (χ3n) is 3.68. The van der Waals surface area contributed by atoms with E-state index in [1.54, 1.807) is 11.8 Å². The highest BCUT2D eigenvalue weighted by molar-refractivity contribution is 9.10. The molecule has 0 N–H and O–H groups in total. The first-order valence-electron chi connectivity index (χ1n) is 6.93. The summed E-state index contributed by atoms with van der Waals surface area (Å²) in [6.45, 7) is 2.53. The molecule has 0 radical (unpaired) electrons. The maximum atomic E-state index is 12.6. The summed E-state index contributed by atoms with van der Waals surface area (Å²) in [4.78, 5) is 13.7. The van der Waals surface area contributed by atoms with Gasteiger partial charge in [-0.1, -0.05) is 28.1 Å². The predicted octanol–water partition coefficient (Wildman–Crippen LogP) is 3.29. The van der Waals surface area contributed by atoms with E-state index in [2.05, 4.69) is 15.9 Å². The van der Waals surface area contributed by atoms with E-state index in [-0.39, 0.29) is 24.3 Å². The summed E-state index contributed by atoms with van der Waals surface area (Å²) in [6.07, 6.45) is -2.39. The lowest BCUT2D eigenvalue weighted by Crippen LogP contribution is -2.28. The monoisotopic (exact) mass is 361 g/mol. The van der Waals surface area contributed by atoms with E-state index in [9.17, 15) is 13.6 Å². The number of likely N-dealkylation sites (tertiary alicyclic amines) is 1. The summed E-state index contributed by atoms with van der Waals surface area (Å²) in [5.74, 6) is -0.789. The van der Waals surface area contributed by atoms with Gasteiger partial charge < -0.3 is 4.74 Å². The van der Waals surface area contributed by atoms with Crippen molar-refractivity contribution >= 4 is 21.9 Å². The minimum Gasteiger partial charge on any atom is -0.466 e. The quantitative estimate of drug-likeness (QED) is 0.753. The zero-order chi connectivity index (χ0) is 15.4. The Bertz CT molecular complexity index is 481. The first-order valence-corrected chi connectivity index (χ1v) is 7.73. The fourth-order valence-electron chi connectivity index (χ4n) is 2.77. The van der Waals surface area contributed by atoms with Crippen molar-refractivity contribution < 1.29 is 18.3 Å². The van der Waals surface area contributed by atoms with Crippen LogP contribution in [0.3, 0.4) is 0 Å². The number of alkyl halides is 2. The van der Waals surface area contributed by atoms with Crippen LogP contribution in [0.5, 0.6) is 0 Å². The Morgan fingerprint density at radius 3 is 2.62 bits per heavy atom. The molecule has 1 fully saturated rings. The second kappa shape index (κ2) is 7.31. The molecule has 116 valence electrons. The molecule has 0 aromatic heterocycles. The summed E-state index contributed by atoms with van der Waals surface area (Å²) in [5.41, 5.74) is 0.980. The number of benzene rings is 1. The standard InChI is InChI=1S/C15H18BrF2NO2/c1-2-21-15(20)13-8-19(9-14(17)18)7-12(13)10-3-5-11(16)6-4-10/h3-6,12-14H,2,7-9H2,1H3. The average Bonchev–Trinajstić information content (AvgIpc) is 2.83. The maximum absolute atomic E-state index is 12.6. The maximum Gasteiger partial charge on any atom is 0.310 e. The van der Waals surface area contributed by atoms with Crippen LogP contribution in [0, 0.1) is 5.92 Å². The van der Waals surface area contributed by atoms with Crippen molar-refractivity contribution in [1.82, 2.24) is 4.90 Å². The van der Waals surface area contributed by atoms with Gasteiger partial charge in [0, 0.05) is 23.5 Å². The van der Waals surface area contributed by atoms with E-state index in [4.69, 9.17) is 4.74 Å². The van der Waals surface area contributed by atoms with Gasteiger partial charge in [-0.3, -0.25) is 9.69 Å². The Labute approximate surface area is 131 Å². The number of nitrogens with zero attached hydrogens (tertiary/aromatic N) is 1. The second-order valence-corrected chi connectivity index (χ2v) is 6.04. The van der Waals surface area contributed by atoms with E-state index >= 15 is 0 Å². The molecule has 6 heteroatoms. The molecule has 1 aliphatic heterocycles. The molecule has 2 atom stereocenters. The third kappa shape index (κ3) is 4.23. The van der Waals surface area contributed by atoms with Gasteiger partial charge in [-0.2, -0.15) is 0 Å². The molecular weight excluding hydrogens is 344 g/mol. The van der Waals surface area contributed by atoms with Crippen LogP contribution in [0.2, 0.25) is 0 Å². The molecule has 0 amide bonds. The third-order valence-corrected chi connectivity index (χ3v) is 4.21. The molecule has 0 saturated carbocycles. The van der Waals surface area contributed by atoms with Gasteiger partial charge in [0.15, 0.2) is 0 Å². The number of hydrogen-bond acceptors (Lipinski definition) is 3. The van der Waals surface area contributed by atoms with Crippen molar-refractivity contribution in [3.05, 3.63) is 34.3 Å². The van der Waals surface area contributed by atoms with Gasteiger partial charge in [0.05, 0.1) is 19.1 Å². The summed E-state index contributed by atoms with van der Waals surface area (Å²) in [5, 5.41) is 0. The summed E-state index contributed by atoms with van der Waals surface area (Å²) < 4.78 is 31.2. The largest absolute Gasteiger partial charge is 0.466 e. The summed E-state index contributed by atoms with van der Waals surface area (Å²) in [6, 6.07) is 7.64. The fourth-order valence-corrected chi connectivity index (χ4v) is 3.03. The van der Waals surface area contributed by atoms with Crippen LogP contribution in [0.15, 0.2) is 28.7 Å². The summed E-state index contributed by atoms with van der Waals surface area (Å²) >= 11 is 3.37. The van der Waals surface area contributed by atoms with Crippen molar-refractivity contribution in [2.24, 2.45) is 5.92 Å². The topological polar surface area (TPSA) is 29.5 Å². The van der Waals surface area contributed by atoms with E-state index in [1.165, 1.54) is 0 Å². The Kier molecular flexibility index (Phi) is 5.70. The van der Waals surface area contributed by atoms with Gasteiger partial charge in [0.25, 0.3) is 6.43 Å². The molecule has 1 aromatic rings. The van der Waals surface area contributed by atoms with Crippen LogP contribution in [0.25, 0.3) is 0 Å². The van der Waals surface area contributed by atoms with Crippen LogP contribution in [-0.2, 0) is 9.53 Å². The van der Waals surface area contributed by atoms with Crippen LogP contribution in [-0.4, -0.2) is 43.5 Å². The summed E-state index contributed by atoms with van der Waals surface area (Å²) in [7, 11) is 0. The molecule has 1 heterocycles. The highest BCUT2D eigenvalue weighted by Crippen LogP contribution is 2.34. The number of ether oxygens (including phenoxy) is 1. The number of esters is 1. The van der Waals surface area contributed by atoms with Crippen molar-refractivity contribution in [1.29, 1.82) is 0 Å². The molecule has 2 unspecified atom stereocenters.